The maximum absolute atomic E-state index is 12.8. The van der Waals surface area contributed by atoms with Crippen molar-refractivity contribution in [2.45, 2.75) is 58.1 Å². The molecule has 4 heteroatoms. The van der Waals surface area contributed by atoms with Gasteiger partial charge in [0.2, 0.25) is 5.91 Å². The number of benzene rings is 1. The number of hydrogen-bond acceptors (Lipinski definition) is 2. The van der Waals surface area contributed by atoms with Gasteiger partial charge < -0.3 is 9.64 Å². The minimum Gasteiger partial charge on any atom is -0.488 e. The Hall–Kier alpha value is -1.48. The van der Waals surface area contributed by atoms with Crippen LogP contribution in [-0.4, -0.2) is 23.5 Å². The van der Waals surface area contributed by atoms with E-state index in [0.717, 1.165) is 30.6 Å². The Morgan fingerprint density at radius 1 is 1.39 bits per heavy atom. The van der Waals surface area contributed by atoms with Gasteiger partial charge >= 0.3 is 0 Å². The van der Waals surface area contributed by atoms with Gasteiger partial charge in [0, 0.05) is 23.6 Å². The molecule has 124 valence electrons. The van der Waals surface area contributed by atoms with E-state index in [1.165, 1.54) is 18.4 Å². The van der Waals surface area contributed by atoms with Crippen LogP contribution < -0.4 is 4.74 Å². The topological polar surface area (TPSA) is 29.5 Å². The number of nitrogens with zero attached hydrogens (tertiary/aromatic N) is 1. The normalized spacial score (nSPS) is 21.0. The molecule has 23 heavy (non-hydrogen) atoms. The van der Waals surface area contributed by atoms with Crippen molar-refractivity contribution in [3.05, 3.63) is 40.4 Å². The minimum absolute atomic E-state index is 0.0269. The van der Waals surface area contributed by atoms with E-state index in [0.29, 0.717) is 24.5 Å². The van der Waals surface area contributed by atoms with Crippen LogP contribution in [0.1, 0.15) is 51.0 Å². The van der Waals surface area contributed by atoms with Gasteiger partial charge in [0.15, 0.2) is 0 Å². The standard InChI is InChI=1S/C19H24ClNO2/c1-2-17-13-21(19(22)10-14-6-4-3-5-7-14)12-15-8-9-16(20)11-18(15)23-17/h6,8-9,11,17H,2-5,7,10,12-13H2,1H3. The van der Waals surface area contributed by atoms with Gasteiger partial charge in [-0.2, -0.15) is 0 Å². The van der Waals surface area contributed by atoms with E-state index in [-0.39, 0.29) is 12.0 Å². The lowest BCUT2D eigenvalue weighted by molar-refractivity contribution is -0.132. The molecule has 0 radical (unpaired) electrons. The number of halogens is 1. The molecule has 1 amide bonds. The summed E-state index contributed by atoms with van der Waals surface area (Å²) in [7, 11) is 0. The Balaban J connectivity index is 1.77. The smallest absolute Gasteiger partial charge is 0.227 e. The monoisotopic (exact) mass is 333 g/mol. The van der Waals surface area contributed by atoms with Gasteiger partial charge in [-0.25, -0.2) is 0 Å². The van der Waals surface area contributed by atoms with Gasteiger partial charge in [0.25, 0.3) is 0 Å². The van der Waals surface area contributed by atoms with Crippen LogP contribution >= 0.6 is 11.6 Å². The second-order valence-corrected chi connectivity index (χ2v) is 6.90. The van der Waals surface area contributed by atoms with Gasteiger partial charge in [-0.1, -0.05) is 36.2 Å². The fourth-order valence-electron chi connectivity index (χ4n) is 3.28. The maximum atomic E-state index is 12.8. The third-order valence-electron chi connectivity index (χ3n) is 4.68. The molecule has 1 aromatic carbocycles. The first-order chi connectivity index (χ1) is 11.2. The van der Waals surface area contributed by atoms with Crippen LogP contribution in [0.2, 0.25) is 5.02 Å². The molecule has 0 saturated heterocycles. The van der Waals surface area contributed by atoms with E-state index in [1.807, 2.05) is 23.1 Å². The molecule has 3 rings (SSSR count). The molecule has 1 unspecified atom stereocenters. The molecule has 1 aliphatic carbocycles. The quantitative estimate of drug-likeness (QED) is 0.748. The van der Waals surface area contributed by atoms with Crippen molar-refractivity contribution < 1.29 is 9.53 Å². The Morgan fingerprint density at radius 3 is 3.00 bits per heavy atom. The summed E-state index contributed by atoms with van der Waals surface area (Å²) in [4.78, 5) is 14.7. The summed E-state index contributed by atoms with van der Waals surface area (Å²) in [6.07, 6.45) is 8.35. The Labute approximate surface area is 143 Å². The number of amides is 1. The summed E-state index contributed by atoms with van der Waals surface area (Å²) in [6.45, 7) is 3.34. The molecule has 0 N–H and O–H groups in total. The summed E-state index contributed by atoms with van der Waals surface area (Å²) in [5.41, 5.74) is 2.34. The van der Waals surface area contributed by atoms with Crippen LogP contribution in [0, 0.1) is 0 Å². The fraction of sp³-hybridized carbons (Fsp3) is 0.526. The van der Waals surface area contributed by atoms with Crippen molar-refractivity contribution in [1.29, 1.82) is 0 Å². The van der Waals surface area contributed by atoms with Gasteiger partial charge in [-0.05, 0) is 44.2 Å². The molecule has 0 aromatic heterocycles. The average Bonchev–Trinajstić information content (AvgIpc) is 2.74. The molecule has 0 saturated carbocycles. The Bertz CT molecular complexity index is 611. The molecule has 0 spiro atoms. The van der Waals surface area contributed by atoms with E-state index in [2.05, 4.69) is 13.0 Å². The second kappa shape index (κ2) is 7.39. The predicted octanol–water partition coefficient (Wildman–Crippen LogP) is 4.73. The predicted molar refractivity (Wildman–Crippen MR) is 92.7 cm³/mol. The molecule has 1 atom stereocenters. The lowest BCUT2D eigenvalue weighted by Crippen LogP contribution is -2.37. The number of ether oxygens (including phenoxy) is 1. The fourth-order valence-corrected chi connectivity index (χ4v) is 3.44. The minimum atomic E-state index is 0.0269. The second-order valence-electron chi connectivity index (χ2n) is 6.46. The van der Waals surface area contributed by atoms with Crippen molar-refractivity contribution in [3.8, 4) is 5.75 Å². The largest absolute Gasteiger partial charge is 0.488 e. The zero-order valence-corrected chi connectivity index (χ0v) is 14.4. The van der Waals surface area contributed by atoms with Crippen LogP contribution in [0.4, 0.5) is 0 Å². The molecule has 1 aromatic rings. The van der Waals surface area contributed by atoms with Crippen LogP contribution in [0.15, 0.2) is 29.8 Å². The number of carbonyl (C=O) groups is 1. The van der Waals surface area contributed by atoms with Gasteiger partial charge in [-0.3, -0.25) is 4.79 Å². The van der Waals surface area contributed by atoms with E-state index >= 15 is 0 Å². The summed E-state index contributed by atoms with van der Waals surface area (Å²) >= 11 is 6.08. The lowest BCUT2D eigenvalue weighted by atomic mass is 9.96. The number of fused-ring (bicyclic) bond motifs is 1. The van der Waals surface area contributed by atoms with Crippen LogP contribution in [-0.2, 0) is 11.3 Å². The number of hydrogen-bond donors (Lipinski definition) is 0. The van der Waals surface area contributed by atoms with E-state index in [9.17, 15) is 4.79 Å². The molecule has 0 fully saturated rings. The molecular formula is C19H24ClNO2. The van der Waals surface area contributed by atoms with Gasteiger partial charge in [0.05, 0.1) is 6.54 Å². The zero-order valence-electron chi connectivity index (χ0n) is 13.7. The molecule has 1 aliphatic heterocycles. The highest BCUT2D eigenvalue weighted by Crippen LogP contribution is 2.30. The first kappa shape index (κ1) is 16.4. The SMILES string of the molecule is CCC1CN(C(=O)CC2=CCCCC2)Cc2ccc(Cl)cc2O1. The first-order valence-electron chi connectivity index (χ1n) is 8.56. The first-order valence-corrected chi connectivity index (χ1v) is 8.94. The van der Waals surface area contributed by atoms with Crippen molar-refractivity contribution in [3.63, 3.8) is 0 Å². The highest BCUT2D eigenvalue weighted by molar-refractivity contribution is 6.30. The summed E-state index contributed by atoms with van der Waals surface area (Å²) in [5, 5.41) is 0.672. The highest BCUT2D eigenvalue weighted by Gasteiger charge is 2.26. The van der Waals surface area contributed by atoms with Crippen LogP contribution in [0.5, 0.6) is 5.75 Å². The van der Waals surface area contributed by atoms with Crippen LogP contribution in [0.3, 0.4) is 0 Å². The van der Waals surface area contributed by atoms with Crippen LogP contribution in [0.25, 0.3) is 0 Å². The van der Waals surface area contributed by atoms with E-state index in [4.69, 9.17) is 16.3 Å². The molecule has 1 heterocycles. The van der Waals surface area contributed by atoms with Gasteiger partial charge in [0.1, 0.15) is 11.9 Å². The summed E-state index contributed by atoms with van der Waals surface area (Å²) < 4.78 is 6.06. The number of rotatable bonds is 3. The number of allylic oxidation sites excluding steroid dienone is 1. The van der Waals surface area contributed by atoms with Crippen molar-refractivity contribution >= 4 is 17.5 Å². The van der Waals surface area contributed by atoms with Crippen molar-refractivity contribution in [1.82, 2.24) is 4.90 Å². The molecule has 0 bridgehead atoms. The molecule has 3 nitrogen and oxygen atoms in total. The number of carbonyl (C=O) groups excluding carboxylic acids is 1. The van der Waals surface area contributed by atoms with E-state index < -0.39 is 0 Å². The lowest BCUT2D eigenvalue weighted by Gasteiger charge is -2.24. The zero-order chi connectivity index (χ0) is 16.2. The average molecular weight is 334 g/mol. The Kier molecular flexibility index (Phi) is 5.27. The highest BCUT2D eigenvalue weighted by atomic mass is 35.5. The Morgan fingerprint density at radius 2 is 2.26 bits per heavy atom. The van der Waals surface area contributed by atoms with Gasteiger partial charge in [-0.15, -0.1) is 0 Å². The van der Waals surface area contributed by atoms with E-state index in [1.54, 1.807) is 0 Å². The van der Waals surface area contributed by atoms with Crippen molar-refractivity contribution in [2.75, 3.05) is 6.54 Å². The molecular weight excluding hydrogens is 310 g/mol. The third-order valence-corrected chi connectivity index (χ3v) is 4.91. The summed E-state index contributed by atoms with van der Waals surface area (Å²) in [6, 6.07) is 5.69. The third kappa shape index (κ3) is 4.08. The van der Waals surface area contributed by atoms with Crippen molar-refractivity contribution in [2.24, 2.45) is 0 Å². The summed E-state index contributed by atoms with van der Waals surface area (Å²) in [5.74, 6) is 1.03. The maximum Gasteiger partial charge on any atom is 0.227 e. The molecule has 2 aliphatic rings.